The zero-order valence-electron chi connectivity index (χ0n) is 14.4. The number of halogens is 1. The third-order valence-electron chi connectivity index (χ3n) is 4.77. The van der Waals surface area contributed by atoms with E-state index in [1.807, 2.05) is 11.8 Å². The first kappa shape index (κ1) is 18.0. The number of nitrogens with zero attached hydrogens (tertiary/aromatic N) is 1. The summed E-state index contributed by atoms with van der Waals surface area (Å²) in [6, 6.07) is 4.91. The predicted molar refractivity (Wildman–Crippen MR) is 97.0 cm³/mol. The molecule has 0 aliphatic carbocycles. The molecule has 0 aromatic heterocycles. The van der Waals surface area contributed by atoms with Crippen molar-refractivity contribution in [3.05, 3.63) is 28.8 Å². The minimum atomic E-state index is -0.469. The fraction of sp³-hybridized carbons (Fsp3) is 0.556. The quantitative estimate of drug-likeness (QED) is 0.839. The highest BCUT2D eigenvalue weighted by Crippen LogP contribution is 2.24. The van der Waals surface area contributed by atoms with E-state index in [0.29, 0.717) is 43.3 Å². The van der Waals surface area contributed by atoms with Crippen LogP contribution in [0.1, 0.15) is 36.5 Å². The van der Waals surface area contributed by atoms with Crippen molar-refractivity contribution in [1.29, 1.82) is 0 Å². The fourth-order valence-electron chi connectivity index (χ4n) is 3.48. The second-order valence-electron chi connectivity index (χ2n) is 6.41. The molecular weight excluding hydrogens is 342 g/mol. The van der Waals surface area contributed by atoms with Gasteiger partial charge in [-0.15, -0.1) is 0 Å². The van der Waals surface area contributed by atoms with Gasteiger partial charge in [-0.2, -0.15) is 0 Å². The number of benzene rings is 1. The summed E-state index contributed by atoms with van der Waals surface area (Å²) in [5.74, 6) is -0.266. The summed E-state index contributed by atoms with van der Waals surface area (Å²) in [4.78, 5) is 27.3. The average molecular weight is 366 g/mol. The second kappa shape index (κ2) is 8.06. The van der Waals surface area contributed by atoms with Gasteiger partial charge in [-0.1, -0.05) is 11.6 Å². The standard InChI is InChI=1S/C18H24ClN3O3/c1-2-20-15-4-3-12(19)11-14(15)17(23)21-16-5-8-22(18(16)24)13-6-9-25-10-7-13/h3-4,11,13,16,20H,2,5-10H2,1H3,(H,21,23)/t16-/m0/s1. The van der Waals surface area contributed by atoms with E-state index in [1.54, 1.807) is 18.2 Å². The number of carbonyl (C=O) groups is 2. The molecule has 2 saturated heterocycles. The van der Waals surface area contributed by atoms with E-state index < -0.39 is 6.04 Å². The van der Waals surface area contributed by atoms with Crippen LogP contribution in [-0.2, 0) is 9.53 Å². The van der Waals surface area contributed by atoms with E-state index in [4.69, 9.17) is 16.3 Å². The summed E-state index contributed by atoms with van der Waals surface area (Å²) in [6.07, 6.45) is 2.37. The van der Waals surface area contributed by atoms with Crippen LogP contribution in [0.2, 0.25) is 5.02 Å². The molecule has 2 amide bonds. The minimum Gasteiger partial charge on any atom is -0.385 e. The first-order valence-electron chi connectivity index (χ1n) is 8.82. The van der Waals surface area contributed by atoms with Crippen LogP contribution in [0.25, 0.3) is 0 Å². The van der Waals surface area contributed by atoms with Crippen molar-refractivity contribution in [2.75, 3.05) is 31.6 Å². The van der Waals surface area contributed by atoms with E-state index >= 15 is 0 Å². The van der Waals surface area contributed by atoms with Crippen molar-refractivity contribution >= 4 is 29.1 Å². The predicted octanol–water partition coefficient (Wildman–Crippen LogP) is 2.28. The number of hydrogen-bond acceptors (Lipinski definition) is 4. The average Bonchev–Trinajstić information content (AvgIpc) is 2.98. The highest BCUT2D eigenvalue weighted by Gasteiger charge is 2.37. The van der Waals surface area contributed by atoms with Crippen LogP contribution in [0.15, 0.2) is 18.2 Å². The van der Waals surface area contributed by atoms with Gasteiger partial charge >= 0.3 is 0 Å². The van der Waals surface area contributed by atoms with E-state index in [0.717, 1.165) is 18.5 Å². The van der Waals surface area contributed by atoms with E-state index in [1.165, 1.54) is 0 Å². The normalized spacial score (nSPS) is 21.4. The molecule has 2 heterocycles. The number of nitrogens with one attached hydrogen (secondary N) is 2. The third kappa shape index (κ3) is 4.07. The molecular formula is C18H24ClN3O3. The molecule has 25 heavy (non-hydrogen) atoms. The van der Waals surface area contributed by atoms with Gasteiger partial charge in [-0.3, -0.25) is 9.59 Å². The summed E-state index contributed by atoms with van der Waals surface area (Å²) in [7, 11) is 0. The Labute approximate surface area is 152 Å². The Balaban J connectivity index is 1.67. The van der Waals surface area contributed by atoms with Gasteiger partial charge in [0.2, 0.25) is 5.91 Å². The highest BCUT2D eigenvalue weighted by molar-refractivity contribution is 6.31. The van der Waals surface area contributed by atoms with Crippen LogP contribution >= 0.6 is 11.6 Å². The Bertz CT molecular complexity index is 646. The maximum atomic E-state index is 12.7. The Morgan fingerprint density at radius 3 is 2.80 bits per heavy atom. The first-order valence-corrected chi connectivity index (χ1v) is 9.20. The number of amides is 2. The smallest absolute Gasteiger partial charge is 0.254 e. The molecule has 0 spiro atoms. The molecule has 0 radical (unpaired) electrons. The number of likely N-dealkylation sites (tertiary alicyclic amines) is 1. The van der Waals surface area contributed by atoms with E-state index in [9.17, 15) is 9.59 Å². The molecule has 3 rings (SSSR count). The lowest BCUT2D eigenvalue weighted by atomic mass is 10.1. The molecule has 0 saturated carbocycles. The van der Waals surface area contributed by atoms with Gasteiger partial charge in [-0.25, -0.2) is 0 Å². The third-order valence-corrected chi connectivity index (χ3v) is 5.01. The molecule has 0 bridgehead atoms. The molecule has 1 aromatic carbocycles. The van der Waals surface area contributed by atoms with Gasteiger partial charge in [0.05, 0.1) is 5.56 Å². The van der Waals surface area contributed by atoms with Gasteiger partial charge in [-0.05, 0) is 44.4 Å². The van der Waals surface area contributed by atoms with Gasteiger partial charge in [0.25, 0.3) is 5.91 Å². The summed E-state index contributed by atoms with van der Waals surface area (Å²) < 4.78 is 5.36. The van der Waals surface area contributed by atoms with E-state index in [-0.39, 0.29) is 17.9 Å². The number of rotatable bonds is 5. The highest BCUT2D eigenvalue weighted by atomic mass is 35.5. The van der Waals surface area contributed by atoms with Gasteiger partial charge < -0.3 is 20.3 Å². The molecule has 136 valence electrons. The Hall–Kier alpha value is -1.79. The molecule has 0 unspecified atom stereocenters. The molecule has 2 aliphatic rings. The summed E-state index contributed by atoms with van der Waals surface area (Å²) >= 11 is 6.04. The van der Waals surface area contributed by atoms with Crippen LogP contribution in [0.4, 0.5) is 5.69 Å². The molecule has 7 heteroatoms. The van der Waals surface area contributed by atoms with Gasteiger partial charge in [0, 0.05) is 43.1 Å². The topological polar surface area (TPSA) is 70.7 Å². The lowest BCUT2D eigenvalue weighted by Crippen LogP contribution is -2.46. The van der Waals surface area contributed by atoms with Crippen molar-refractivity contribution < 1.29 is 14.3 Å². The SMILES string of the molecule is CCNc1ccc(Cl)cc1C(=O)N[C@H]1CCN(C2CCOCC2)C1=O. The number of anilines is 1. The monoisotopic (exact) mass is 365 g/mol. The summed E-state index contributed by atoms with van der Waals surface area (Å²) in [5, 5.41) is 6.53. The lowest BCUT2D eigenvalue weighted by Gasteiger charge is -2.31. The van der Waals surface area contributed by atoms with Crippen molar-refractivity contribution in [1.82, 2.24) is 10.2 Å². The number of ether oxygens (including phenoxy) is 1. The van der Waals surface area contributed by atoms with Crippen LogP contribution in [0.3, 0.4) is 0 Å². The molecule has 6 nitrogen and oxygen atoms in total. The number of carbonyl (C=O) groups excluding carboxylic acids is 2. The first-order chi connectivity index (χ1) is 12.1. The van der Waals surface area contributed by atoms with Crippen molar-refractivity contribution in [3.63, 3.8) is 0 Å². The van der Waals surface area contributed by atoms with Crippen molar-refractivity contribution in [2.24, 2.45) is 0 Å². The molecule has 1 aromatic rings. The second-order valence-corrected chi connectivity index (χ2v) is 6.85. The summed E-state index contributed by atoms with van der Waals surface area (Å²) in [5.41, 5.74) is 1.18. The number of hydrogen-bond donors (Lipinski definition) is 2. The van der Waals surface area contributed by atoms with Gasteiger partial charge in [0.15, 0.2) is 0 Å². The fourth-order valence-corrected chi connectivity index (χ4v) is 3.65. The van der Waals surface area contributed by atoms with Crippen LogP contribution < -0.4 is 10.6 Å². The van der Waals surface area contributed by atoms with Crippen molar-refractivity contribution in [2.45, 2.75) is 38.3 Å². The zero-order chi connectivity index (χ0) is 17.8. The molecule has 2 fully saturated rings. The Morgan fingerprint density at radius 2 is 2.08 bits per heavy atom. The van der Waals surface area contributed by atoms with Crippen LogP contribution in [-0.4, -0.2) is 55.1 Å². The molecule has 2 aliphatic heterocycles. The van der Waals surface area contributed by atoms with Crippen molar-refractivity contribution in [3.8, 4) is 0 Å². The largest absolute Gasteiger partial charge is 0.385 e. The maximum absolute atomic E-state index is 12.7. The Kier molecular flexibility index (Phi) is 5.81. The van der Waals surface area contributed by atoms with Crippen LogP contribution in [0.5, 0.6) is 0 Å². The molecule has 2 N–H and O–H groups in total. The summed E-state index contributed by atoms with van der Waals surface area (Å²) in [6.45, 7) is 4.73. The molecule has 1 atom stereocenters. The Morgan fingerprint density at radius 1 is 1.32 bits per heavy atom. The maximum Gasteiger partial charge on any atom is 0.254 e. The zero-order valence-corrected chi connectivity index (χ0v) is 15.1. The minimum absolute atomic E-state index is 0.00674. The van der Waals surface area contributed by atoms with Crippen LogP contribution in [0, 0.1) is 0 Å². The van der Waals surface area contributed by atoms with E-state index in [2.05, 4.69) is 10.6 Å². The lowest BCUT2D eigenvalue weighted by molar-refractivity contribution is -0.132. The van der Waals surface area contributed by atoms with Gasteiger partial charge in [0.1, 0.15) is 6.04 Å².